The molecule has 1 fully saturated rings. The standard InChI is InChI=1S/C20H17N3O4S/c1-22(2)14-7-3-12(4-8-14)11-16-17(24)21-20(28)23(18(16)25)15-9-5-13(6-10-15)19(26)27/h3-11H,1-2H3,(H,26,27)(H,21,24,28)/b16-11-. The molecule has 2 N–H and O–H groups in total. The highest BCUT2D eigenvalue weighted by Gasteiger charge is 2.34. The fraction of sp³-hybridized carbons (Fsp3) is 0.100. The summed E-state index contributed by atoms with van der Waals surface area (Å²) in [6.07, 6.45) is 1.50. The second-order valence-corrected chi connectivity index (χ2v) is 6.68. The van der Waals surface area contributed by atoms with E-state index in [2.05, 4.69) is 5.32 Å². The van der Waals surface area contributed by atoms with Crippen molar-refractivity contribution in [3.8, 4) is 0 Å². The zero-order valence-electron chi connectivity index (χ0n) is 15.2. The monoisotopic (exact) mass is 395 g/mol. The summed E-state index contributed by atoms with van der Waals surface area (Å²) in [6, 6.07) is 13.0. The van der Waals surface area contributed by atoms with Gasteiger partial charge in [-0.15, -0.1) is 0 Å². The Hall–Kier alpha value is -3.52. The SMILES string of the molecule is CN(C)c1ccc(/C=C2/C(=O)NC(=S)N(c3ccc(C(=O)O)cc3)C2=O)cc1. The van der Waals surface area contributed by atoms with E-state index in [0.717, 1.165) is 5.69 Å². The van der Waals surface area contributed by atoms with Crippen LogP contribution in [0.5, 0.6) is 0 Å². The molecule has 0 atom stereocenters. The van der Waals surface area contributed by atoms with Gasteiger partial charge in [-0.25, -0.2) is 4.79 Å². The number of carbonyl (C=O) groups excluding carboxylic acids is 2. The first-order valence-electron chi connectivity index (χ1n) is 8.30. The van der Waals surface area contributed by atoms with Crippen LogP contribution in [0.25, 0.3) is 6.08 Å². The summed E-state index contributed by atoms with van der Waals surface area (Å²) in [7, 11) is 3.83. The number of hydrogen-bond acceptors (Lipinski definition) is 5. The Kier molecular flexibility index (Phi) is 5.23. The molecule has 2 aromatic carbocycles. The maximum atomic E-state index is 12.9. The first kappa shape index (κ1) is 19.2. The molecule has 1 aliphatic rings. The lowest BCUT2D eigenvalue weighted by Crippen LogP contribution is -2.54. The van der Waals surface area contributed by atoms with Crippen molar-refractivity contribution in [2.24, 2.45) is 0 Å². The molecule has 0 aromatic heterocycles. The zero-order valence-corrected chi connectivity index (χ0v) is 16.0. The van der Waals surface area contributed by atoms with Gasteiger partial charge in [-0.05, 0) is 60.3 Å². The fourth-order valence-corrected chi connectivity index (χ4v) is 2.96. The lowest BCUT2D eigenvalue weighted by atomic mass is 10.1. The Bertz CT molecular complexity index is 995. The number of hydrogen-bond donors (Lipinski definition) is 2. The molecule has 28 heavy (non-hydrogen) atoms. The van der Waals surface area contributed by atoms with E-state index in [0.29, 0.717) is 11.3 Å². The second kappa shape index (κ2) is 7.61. The lowest BCUT2D eigenvalue weighted by molar-refractivity contribution is -0.122. The predicted molar refractivity (Wildman–Crippen MR) is 110 cm³/mol. The number of benzene rings is 2. The second-order valence-electron chi connectivity index (χ2n) is 6.30. The molecule has 142 valence electrons. The van der Waals surface area contributed by atoms with Gasteiger partial charge in [0.25, 0.3) is 11.8 Å². The van der Waals surface area contributed by atoms with Gasteiger partial charge in [0.2, 0.25) is 0 Å². The summed E-state index contributed by atoms with van der Waals surface area (Å²) in [6.45, 7) is 0. The highest BCUT2D eigenvalue weighted by molar-refractivity contribution is 7.80. The van der Waals surface area contributed by atoms with E-state index in [1.54, 1.807) is 0 Å². The smallest absolute Gasteiger partial charge is 0.335 e. The number of nitrogens with one attached hydrogen (secondary N) is 1. The predicted octanol–water partition coefficient (Wildman–Crippen LogP) is 2.28. The molecule has 1 aliphatic heterocycles. The van der Waals surface area contributed by atoms with Gasteiger partial charge >= 0.3 is 5.97 Å². The van der Waals surface area contributed by atoms with Crippen molar-refractivity contribution in [3.63, 3.8) is 0 Å². The average molecular weight is 395 g/mol. The van der Waals surface area contributed by atoms with Crippen molar-refractivity contribution >= 4 is 52.6 Å². The first-order chi connectivity index (χ1) is 13.3. The third kappa shape index (κ3) is 3.77. The number of carboxylic acid groups (broad SMARTS) is 1. The molecule has 0 bridgehead atoms. The fourth-order valence-electron chi connectivity index (χ4n) is 2.68. The quantitative estimate of drug-likeness (QED) is 0.469. The van der Waals surface area contributed by atoms with Crippen molar-refractivity contribution in [2.75, 3.05) is 23.9 Å². The number of carboxylic acids is 1. The van der Waals surface area contributed by atoms with Crippen LogP contribution in [-0.4, -0.2) is 42.1 Å². The van der Waals surface area contributed by atoms with Gasteiger partial charge in [0.1, 0.15) is 5.57 Å². The first-order valence-corrected chi connectivity index (χ1v) is 8.71. The summed E-state index contributed by atoms with van der Waals surface area (Å²) in [4.78, 5) is 39.4. The van der Waals surface area contributed by atoms with Gasteiger partial charge in [-0.3, -0.25) is 19.8 Å². The molecule has 2 aromatic rings. The summed E-state index contributed by atoms with van der Waals surface area (Å²) < 4.78 is 0. The van der Waals surface area contributed by atoms with E-state index in [-0.39, 0.29) is 16.2 Å². The van der Waals surface area contributed by atoms with Crippen LogP contribution in [0, 0.1) is 0 Å². The molecule has 2 amide bonds. The minimum Gasteiger partial charge on any atom is -0.478 e. The number of nitrogens with zero attached hydrogens (tertiary/aromatic N) is 2. The van der Waals surface area contributed by atoms with Gasteiger partial charge < -0.3 is 10.0 Å². The van der Waals surface area contributed by atoms with Crippen LogP contribution in [-0.2, 0) is 9.59 Å². The summed E-state index contributed by atoms with van der Waals surface area (Å²) in [5.74, 6) is -2.23. The van der Waals surface area contributed by atoms with Crippen LogP contribution in [0.15, 0.2) is 54.1 Å². The average Bonchev–Trinajstić information content (AvgIpc) is 2.65. The van der Waals surface area contributed by atoms with Crippen molar-refractivity contribution in [3.05, 3.63) is 65.2 Å². The van der Waals surface area contributed by atoms with Gasteiger partial charge in [0.05, 0.1) is 11.3 Å². The molecule has 0 radical (unpaired) electrons. The normalized spacial score (nSPS) is 15.6. The molecule has 1 saturated heterocycles. The topological polar surface area (TPSA) is 90.0 Å². The third-order valence-corrected chi connectivity index (χ3v) is 4.48. The Balaban J connectivity index is 1.94. The van der Waals surface area contributed by atoms with Gasteiger partial charge in [-0.1, -0.05) is 12.1 Å². The molecular weight excluding hydrogens is 378 g/mol. The Labute approximate surface area is 166 Å². The van der Waals surface area contributed by atoms with Crippen molar-refractivity contribution in [2.45, 2.75) is 0 Å². The van der Waals surface area contributed by atoms with Crippen LogP contribution in [0.2, 0.25) is 0 Å². The number of anilines is 2. The number of amides is 2. The molecule has 8 heteroatoms. The molecule has 0 aliphatic carbocycles. The van der Waals surface area contributed by atoms with Crippen LogP contribution >= 0.6 is 12.2 Å². The minimum atomic E-state index is -1.07. The van der Waals surface area contributed by atoms with Crippen LogP contribution < -0.4 is 15.1 Å². The van der Waals surface area contributed by atoms with Crippen LogP contribution in [0.1, 0.15) is 15.9 Å². The molecule has 0 saturated carbocycles. The molecular formula is C20H17N3O4S. The molecule has 3 rings (SSSR count). The maximum Gasteiger partial charge on any atom is 0.335 e. The highest BCUT2D eigenvalue weighted by Crippen LogP contribution is 2.23. The van der Waals surface area contributed by atoms with Crippen LogP contribution in [0.4, 0.5) is 11.4 Å². The third-order valence-electron chi connectivity index (χ3n) is 4.19. The van der Waals surface area contributed by atoms with Crippen molar-refractivity contribution in [1.29, 1.82) is 0 Å². The van der Waals surface area contributed by atoms with E-state index in [1.807, 2.05) is 43.3 Å². The van der Waals surface area contributed by atoms with Crippen LogP contribution in [0.3, 0.4) is 0 Å². The van der Waals surface area contributed by atoms with E-state index in [1.165, 1.54) is 35.2 Å². The highest BCUT2D eigenvalue weighted by atomic mass is 32.1. The minimum absolute atomic E-state index is 0.0572. The Morgan fingerprint density at radius 3 is 2.21 bits per heavy atom. The number of thiocarbonyl (C=S) groups is 1. The summed E-state index contributed by atoms with van der Waals surface area (Å²) in [5.41, 5.74) is 2.07. The van der Waals surface area contributed by atoms with Gasteiger partial charge in [0.15, 0.2) is 5.11 Å². The zero-order chi connectivity index (χ0) is 20.4. The molecule has 0 spiro atoms. The molecule has 7 nitrogen and oxygen atoms in total. The lowest BCUT2D eigenvalue weighted by Gasteiger charge is -2.29. The van der Waals surface area contributed by atoms with E-state index >= 15 is 0 Å². The van der Waals surface area contributed by atoms with Gasteiger partial charge in [0, 0.05) is 19.8 Å². The maximum absolute atomic E-state index is 12.9. The Morgan fingerprint density at radius 1 is 1.07 bits per heavy atom. The van der Waals surface area contributed by atoms with Gasteiger partial charge in [-0.2, -0.15) is 0 Å². The summed E-state index contributed by atoms with van der Waals surface area (Å²) in [5, 5.41) is 11.5. The summed E-state index contributed by atoms with van der Waals surface area (Å²) >= 11 is 5.14. The van der Waals surface area contributed by atoms with E-state index in [4.69, 9.17) is 17.3 Å². The van der Waals surface area contributed by atoms with Crippen molar-refractivity contribution < 1.29 is 19.5 Å². The number of rotatable bonds is 4. The van der Waals surface area contributed by atoms with E-state index in [9.17, 15) is 14.4 Å². The number of aromatic carboxylic acids is 1. The Morgan fingerprint density at radius 2 is 1.68 bits per heavy atom. The molecule has 0 unspecified atom stereocenters. The largest absolute Gasteiger partial charge is 0.478 e. The van der Waals surface area contributed by atoms with Crippen molar-refractivity contribution in [1.82, 2.24) is 5.32 Å². The number of carbonyl (C=O) groups is 3. The molecule has 1 heterocycles. The van der Waals surface area contributed by atoms with E-state index < -0.39 is 17.8 Å².